The molecule has 2 aliphatic heterocycles. The lowest BCUT2D eigenvalue weighted by molar-refractivity contribution is -0.128. The summed E-state index contributed by atoms with van der Waals surface area (Å²) in [5.74, 6) is -1.26. The average molecular weight is 420 g/mol. The third-order valence-corrected chi connectivity index (χ3v) is 7.11. The molecule has 0 radical (unpaired) electrons. The standard InChI is InChI=1S/C25H24O6/c1-13-14(2)19(26)18-17(13)20-22(30-24(27)15-9-5-3-6-10-15)23(21(18)29-20)31-25(28)16-11-7-4-8-12-16/h3-14,17-18,20-23H,1-2H3. The van der Waals surface area contributed by atoms with Gasteiger partial charge in [0.25, 0.3) is 0 Å². The Morgan fingerprint density at radius 1 is 0.774 bits per heavy atom. The van der Waals surface area contributed by atoms with Crippen LogP contribution in [0.25, 0.3) is 0 Å². The van der Waals surface area contributed by atoms with Gasteiger partial charge in [0, 0.05) is 11.8 Å². The van der Waals surface area contributed by atoms with Crippen LogP contribution >= 0.6 is 0 Å². The summed E-state index contributed by atoms with van der Waals surface area (Å²) in [4.78, 5) is 38.5. The van der Waals surface area contributed by atoms with E-state index >= 15 is 0 Å². The molecule has 1 saturated carbocycles. The fourth-order valence-corrected chi connectivity index (χ4v) is 5.41. The van der Waals surface area contributed by atoms with Crippen LogP contribution in [-0.4, -0.2) is 42.1 Å². The third kappa shape index (κ3) is 3.17. The number of benzene rings is 2. The zero-order valence-corrected chi connectivity index (χ0v) is 17.3. The number of ether oxygens (including phenoxy) is 3. The summed E-state index contributed by atoms with van der Waals surface area (Å²) < 4.78 is 17.8. The molecule has 2 heterocycles. The Balaban J connectivity index is 1.44. The fraction of sp³-hybridized carbons (Fsp3) is 0.400. The van der Waals surface area contributed by atoms with E-state index in [1.54, 1.807) is 48.5 Å². The fourth-order valence-electron chi connectivity index (χ4n) is 5.41. The normalized spacial score (nSPS) is 35.6. The molecule has 31 heavy (non-hydrogen) atoms. The van der Waals surface area contributed by atoms with Gasteiger partial charge in [0.1, 0.15) is 18.0 Å². The lowest BCUT2D eigenvalue weighted by Gasteiger charge is -2.34. The quantitative estimate of drug-likeness (QED) is 0.706. The number of rotatable bonds is 4. The van der Waals surface area contributed by atoms with E-state index in [-0.39, 0.29) is 29.5 Å². The van der Waals surface area contributed by atoms with Crippen LogP contribution in [0, 0.1) is 23.7 Å². The summed E-state index contributed by atoms with van der Waals surface area (Å²) in [5, 5.41) is 0. The van der Waals surface area contributed by atoms with Gasteiger partial charge in [-0.15, -0.1) is 0 Å². The van der Waals surface area contributed by atoms with Crippen LogP contribution in [0.2, 0.25) is 0 Å². The van der Waals surface area contributed by atoms with Crippen molar-refractivity contribution in [1.82, 2.24) is 0 Å². The number of ketones is 1. The Kier molecular flexibility index (Phi) is 4.89. The number of Topliss-reactive ketones (excluding diaryl/α,β-unsaturated/α-hetero) is 1. The molecule has 0 amide bonds. The Hall–Kier alpha value is -2.99. The second kappa shape index (κ2) is 7.61. The lowest BCUT2D eigenvalue weighted by atomic mass is 9.75. The van der Waals surface area contributed by atoms with E-state index in [0.29, 0.717) is 11.1 Å². The van der Waals surface area contributed by atoms with Crippen molar-refractivity contribution >= 4 is 17.7 Å². The van der Waals surface area contributed by atoms with Crippen molar-refractivity contribution in [1.29, 1.82) is 0 Å². The van der Waals surface area contributed by atoms with Gasteiger partial charge >= 0.3 is 11.9 Å². The average Bonchev–Trinajstić information content (AvgIpc) is 3.41. The summed E-state index contributed by atoms with van der Waals surface area (Å²) in [6, 6.07) is 17.3. The highest BCUT2D eigenvalue weighted by atomic mass is 16.6. The predicted octanol–water partition coefficient (Wildman–Crippen LogP) is 3.31. The second-order valence-corrected chi connectivity index (χ2v) is 8.69. The number of esters is 2. The molecule has 5 rings (SSSR count). The van der Waals surface area contributed by atoms with Crippen LogP contribution in [0.5, 0.6) is 0 Å². The summed E-state index contributed by atoms with van der Waals surface area (Å²) >= 11 is 0. The van der Waals surface area contributed by atoms with Gasteiger partial charge in [0.2, 0.25) is 0 Å². The number of carbonyl (C=O) groups excluding carboxylic acids is 3. The zero-order valence-electron chi connectivity index (χ0n) is 17.3. The first-order valence-electron chi connectivity index (χ1n) is 10.7. The van der Waals surface area contributed by atoms with Gasteiger partial charge in [-0.3, -0.25) is 4.79 Å². The van der Waals surface area contributed by atoms with Crippen LogP contribution in [0.15, 0.2) is 60.7 Å². The molecule has 2 aromatic rings. The van der Waals surface area contributed by atoms with Crippen LogP contribution in [0.3, 0.4) is 0 Å². The summed E-state index contributed by atoms with van der Waals surface area (Å²) in [7, 11) is 0. The molecule has 160 valence electrons. The van der Waals surface area contributed by atoms with E-state index in [0.717, 1.165) is 0 Å². The van der Waals surface area contributed by atoms with E-state index in [2.05, 4.69) is 0 Å². The molecule has 8 atom stereocenters. The van der Waals surface area contributed by atoms with E-state index < -0.39 is 36.4 Å². The Labute approximate surface area is 180 Å². The first-order chi connectivity index (χ1) is 15.0. The van der Waals surface area contributed by atoms with Crippen molar-refractivity contribution in [2.45, 2.75) is 38.3 Å². The molecule has 3 fully saturated rings. The SMILES string of the molecule is CC1C(=O)C2C3OC(C(OC(=O)c4ccccc4)C3OC(=O)c3ccccc3)C2C1C. The Bertz CT molecular complexity index is 1000. The summed E-state index contributed by atoms with van der Waals surface area (Å²) in [5.41, 5.74) is 0.813. The minimum Gasteiger partial charge on any atom is -0.452 e. The van der Waals surface area contributed by atoms with Crippen molar-refractivity contribution in [3.05, 3.63) is 71.8 Å². The smallest absolute Gasteiger partial charge is 0.338 e. The molecule has 2 saturated heterocycles. The molecule has 3 aliphatic rings. The number of hydrogen-bond acceptors (Lipinski definition) is 6. The van der Waals surface area contributed by atoms with Crippen LogP contribution in [-0.2, 0) is 19.0 Å². The highest BCUT2D eigenvalue weighted by Crippen LogP contribution is 2.55. The van der Waals surface area contributed by atoms with E-state index in [1.165, 1.54) is 0 Å². The van der Waals surface area contributed by atoms with Gasteiger partial charge in [-0.1, -0.05) is 50.2 Å². The van der Waals surface area contributed by atoms with Crippen molar-refractivity contribution in [2.24, 2.45) is 23.7 Å². The van der Waals surface area contributed by atoms with Gasteiger partial charge in [-0.2, -0.15) is 0 Å². The van der Waals surface area contributed by atoms with Crippen molar-refractivity contribution < 1.29 is 28.6 Å². The van der Waals surface area contributed by atoms with Gasteiger partial charge in [0.15, 0.2) is 12.2 Å². The van der Waals surface area contributed by atoms with E-state index in [1.807, 2.05) is 26.0 Å². The van der Waals surface area contributed by atoms with Crippen LogP contribution in [0.4, 0.5) is 0 Å². The maximum absolute atomic E-state index is 12.9. The largest absolute Gasteiger partial charge is 0.452 e. The number of fused-ring (bicyclic) bond motifs is 5. The molecule has 6 nitrogen and oxygen atoms in total. The van der Waals surface area contributed by atoms with Crippen molar-refractivity contribution in [3.8, 4) is 0 Å². The highest BCUT2D eigenvalue weighted by molar-refractivity contribution is 5.91. The second-order valence-electron chi connectivity index (χ2n) is 8.69. The van der Waals surface area contributed by atoms with Crippen molar-refractivity contribution in [2.75, 3.05) is 0 Å². The zero-order chi connectivity index (χ0) is 21.7. The monoisotopic (exact) mass is 420 g/mol. The van der Waals surface area contributed by atoms with Crippen LogP contribution < -0.4 is 0 Å². The topological polar surface area (TPSA) is 78.9 Å². The Morgan fingerprint density at radius 3 is 1.77 bits per heavy atom. The van der Waals surface area contributed by atoms with E-state index in [4.69, 9.17) is 14.2 Å². The molecule has 0 N–H and O–H groups in total. The molecule has 8 unspecified atom stereocenters. The molecule has 1 aliphatic carbocycles. The minimum absolute atomic E-state index is 0.0484. The molecule has 6 heteroatoms. The van der Waals surface area contributed by atoms with Gasteiger partial charge in [-0.05, 0) is 30.2 Å². The molecular weight excluding hydrogens is 396 g/mol. The third-order valence-electron chi connectivity index (χ3n) is 7.11. The molecular formula is C25H24O6. The lowest BCUT2D eigenvalue weighted by Crippen LogP contribution is -2.51. The minimum atomic E-state index is -0.826. The highest BCUT2D eigenvalue weighted by Gasteiger charge is 2.69. The maximum atomic E-state index is 12.9. The molecule has 2 aromatic carbocycles. The van der Waals surface area contributed by atoms with E-state index in [9.17, 15) is 14.4 Å². The first-order valence-corrected chi connectivity index (χ1v) is 10.7. The molecule has 0 spiro atoms. The molecule has 0 aromatic heterocycles. The maximum Gasteiger partial charge on any atom is 0.338 e. The summed E-state index contributed by atoms with van der Waals surface area (Å²) in [6.07, 6.45) is -2.66. The van der Waals surface area contributed by atoms with Gasteiger partial charge in [-0.25, -0.2) is 9.59 Å². The number of hydrogen-bond donors (Lipinski definition) is 0. The molecule has 2 bridgehead atoms. The first kappa shape index (κ1) is 19.9. The van der Waals surface area contributed by atoms with Crippen molar-refractivity contribution in [3.63, 3.8) is 0 Å². The summed E-state index contributed by atoms with van der Waals surface area (Å²) in [6.45, 7) is 3.97. The van der Waals surface area contributed by atoms with Gasteiger partial charge in [0.05, 0.1) is 17.0 Å². The number of carbonyl (C=O) groups is 3. The Morgan fingerprint density at radius 2 is 1.26 bits per heavy atom. The van der Waals surface area contributed by atoms with Gasteiger partial charge < -0.3 is 14.2 Å². The van der Waals surface area contributed by atoms with Crippen LogP contribution in [0.1, 0.15) is 34.6 Å². The predicted molar refractivity (Wildman–Crippen MR) is 110 cm³/mol.